The summed E-state index contributed by atoms with van der Waals surface area (Å²) in [7, 11) is 1.63. The lowest BCUT2D eigenvalue weighted by Crippen LogP contribution is -2.29. The van der Waals surface area contributed by atoms with E-state index in [0.29, 0.717) is 5.92 Å². The number of primary amides is 1. The molecule has 4 heteroatoms. The van der Waals surface area contributed by atoms with Crippen molar-refractivity contribution in [3.05, 3.63) is 28.8 Å². The summed E-state index contributed by atoms with van der Waals surface area (Å²) in [6.07, 6.45) is 0. The van der Waals surface area contributed by atoms with E-state index < -0.39 is 11.9 Å². The van der Waals surface area contributed by atoms with Gasteiger partial charge in [0.05, 0.1) is 7.11 Å². The zero-order valence-corrected chi connectivity index (χ0v) is 10.8. The first-order chi connectivity index (χ1) is 7.88. The van der Waals surface area contributed by atoms with E-state index in [1.54, 1.807) is 7.11 Å². The number of ether oxygens (including phenoxy) is 1. The van der Waals surface area contributed by atoms with Gasteiger partial charge in [0.15, 0.2) is 0 Å². The van der Waals surface area contributed by atoms with Gasteiger partial charge in [0, 0.05) is 0 Å². The van der Waals surface area contributed by atoms with Crippen molar-refractivity contribution in [2.24, 2.45) is 11.5 Å². The Bertz CT molecular complexity index is 428. The summed E-state index contributed by atoms with van der Waals surface area (Å²) in [6, 6.07) is 3.04. The fraction of sp³-hybridized carbons (Fsp3) is 0.462. The molecule has 1 aromatic carbocycles. The number of rotatable bonds is 4. The van der Waals surface area contributed by atoms with Gasteiger partial charge in [-0.1, -0.05) is 13.8 Å². The number of methoxy groups -OCH3 is 1. The number of amides is 1. The molecule has 0 bridgehead atoms. The van der Waals surface area contributed by atoms with Gasteiger partial charge in [-0.2, -0.15) is 0 Å². The first kappa shape index (κ1) is 13.5. The third-order valence-electron chi connectivity index (χ3n) is 2.88. The van der Waals surface area contributed by atoms with E-state index in [1.165, 1.54) is 0 Å². The Morgan fingerprint density at radius 3 is 2.29 bits per heavy atom. The number of nitrogens with two attached hydrogens (primary N) is 2. The van der Waals surface area contributed by atoms with Gasteiger partial charge in [0.25, 0.3) is 0 Å². The van der Waals surface area contributed by atoms with Gasteiger partial charge in [-0.05, 0) is 41.7 Å². The molecule has 0 saturated heterocycles. The van der Waals surface area contributed by atoms with Gasteiger partial charge < -0.3 is 16.2 Å². The highest BCUT2D eigenvalue weighted by atomic mass is 16.5. The molecule has 94 valence electrons. The molecule has 1 amide bonds. The fourth-order valence-corrected chi connectivity index (χ4v) is 1.83. The van der Waals surface area contributed by atoms with Crippen LogP contribution in [0.25, 0.3) is 0 Å². The predicted molar refractivity (Wildman–Crippen MR) is 67.9 cm³/mol. The second-order valence-corrected chi connectivity index (χ2v) is 4.49. The molecule has 0 radical (unpaired) electrons. The number of carbonyl (C=O) groups is 1. The topological polar surface area (TPSA) is 78.3 Å². The average Bonchev–Trinajstić information content (AvgIpc) is 2.27. The highest BCUT2D eigenvalue weighted by molar-refractivity contribution is 5.81. The van der Waals surface area contributed by atoms with E-state index in [9.17, 15) is 4.79 Å². The minimum atomic E-state index is -0.765. The summed E-state index contributed by atoms with van der Waals surface area (Å²) in [6.45, 7) is 6.02. The van der Waals surface area contributed by atoms with Crippen LogP contribution in [0.2, 0.25) is 0 Å². The molecule has 1 aromatic rings. The molecule has 4 nitrogen and oxygen atoms in total. The molecule has 0 aromatic heterocycles. The van der Waals surface area contributed by atoms with Crippen molar-refractivity contribution in [3.8, 4) is 5.75 Å². The Kier molecular flexibility index (Phi) is 4.12. The quantitative estimate of drug-likeness (QED) is 0.833. The standard InChI is InChI=1S/C13H20N2O2/c1-7(2)9-6-10(12(14)13(15)16)8(3)5-11(9)17-4/h5-7,12H,14H2,1-4H3,(H2,15,16). The van der Waals surface area contributed by atoms with Gasteiger partial charge >= 0.3 is 0 Å². The highest BCUT2D eigenvalue weighted by Gasteiger charge is 2.18. The number of benzene rings is 1. The minimum absolute atomic E-state index is 0.296. The van der Waals surface area contributed by atoms with Gasteiger partial charge in [-0.3, -0.25) is 4.79 Å². The first-order valence-corrected chi connectivity index (χ1v) is 5.61. The van der Waals surface area contributed by atoms with Crippen LogP contribution in [0.4, 0.5) is 0 Å². The molecule has 17 heavy (non-hydrogen) atoms. The smallest absolute Gasteiger partial charge is 0.238 e. The van der Waals surface area contributed by atoms with Crippen LogP contribution in [0.3, 0.4) is 0 Å². The number of aryl methyl sites for hydroxylation is 1. The van der Waals surface area contributed by atoms with Crippen molar-refractivity contribution >= 4 is 5.91 Å². The zero-order valence-electron chi connectivity index (χ0n) is 10.8. The van der Waals surface area contributed by atoms with Crippen molar-refractivity contribution in [1.29, 1.82) is 0 Å². The van der Waals surface area contributed by atoms with Crippen LogP contribution in [0.15, 0.2) is 12.1 Å². The van der Waals surface area contributed by atoms with Gasteiger partial charge in [0.1, 0.15) is 11.8 Å². The maximum atomic E-state index is 11.2. The largest absolute Gasteiger partial charge is 0.496 e. The van der Waals surface area contributed by atoms with Crippen LogP contribution in [0, 0.1) is 6.92 Å². The van der Waals surface area contributed by atoms with E-state index in [1.807, 2.05) is 19.1 Å². The van der Waals surface area contributed by atoms with Crippen LogP contribution >= 0.6 is 0 Å². The molecule has 0 fully saturated rings. The van der Waals surface area contributed by atoms with Gasteiger partial charge in [0.2, 0.25) is 5.91 Å². The lowest BCUT2D eigenvalue weighted by molar-refractivity contribution is -0.119. The van der Waals surface area contributed by atoms with E-state index in [4.69, 9.17) is 16.2 Å². The summed E-state index contributed by atoms with van der Waals surface area (Å²) < 4.78 is 5.33. The molecule has 1 rings (SSSR count). The molecule has 0 aliphatic rings. The number of hydrogen-bond donors (Lipinski definition) is 2. The molecule has 0 heterocycles. The highest BCUT2D eigenvalue weighted by Crippen LogP contribution is 2.31. The lowest BCUT2D eigenvalue weighted by Gasteiger charge is -2.18. The summed E-state index contributed by atoms with van der Waals surface area (Å²) in [4.78, 5) is 11.2. The molecule has 0 aliphatic heterocycles. The Morgan fingerprint density at radius 2 is 1.88 bits per heavy atom. The molecule has 1 unspecified atom stereocenters. The van der Waals surface area contributed by atoms with E-state index >= 15 is 0 Å². The third-order valence-corrected chi connectivity index (χ3v) is 2.88. The van der Waals surface area contributed by atoms with Crippen molar-refractivity contribution < 1.29 is 9.53 Å². The molecular weight excluding hydrogens is 216 g/mol. The molecule has 1 atom stereocenters. The predicted octanol–water partition coefficient (Wildman–Crippen LogP) is 1.61. The second-order valence-electron chi connectivity index (χ2n) is 4.49. The lowest BCUT2D eigenvalue weighted by atomic mass is 9.93. The van der Waals surface area contributed by atoms with Crippen LogP contribution in [-0.2, 0) is 4.79 Å². The van der Waals surface area contributed by atoms with Crippen LogP contribution in [0.1, 0.15) is 42.5 Å². The molecule has 0 spiro atoms. The van der Waals surface area contributed by atoms with Crippen molar-refractivity contribution in [1.82, 2.24) is 0 Å². The fourth-order valence-electron chi connectivity index (χ4n) is 1.83. The second kappa shape index (κ2) is 5.19. The van der Waals surface area contributed by atoms with Gasteiger partial charge in [-0.15, -0.1) is 0 Å². The van der Waals surface area contributed by atoms with Gasteiger partial charge in [-0.25, -0.2) is 0 Å². The van der Waals surface area contributed by atoms with Crippen LogP contribution in [0.5, 0.6) is 5.75 Å². The SMILES string of the molecule is COc1cc(C)c(C(N)C(N)=O)cc1C(C)C. The molecule has 0 saturated carbocycles. The van der Waals surface area contributed by atoms with Crippen molar-refractivity contribution in [3.63, 3.8) is 0 Å². The molecular formula is C13H20N2O2. The summed E-state index contributed by atoms with van der Waals surface area (Å²) >= 11 is 0. The van der Waals surface area contributed by atoms with Crippen LogP contribution in [-0.4, -0.2) is 13.0 Å². The Labute approximate surface area is 102 Å². The number of carbonyl (C=O) groups excluding carboxylic acids is 1. The molecule has 0 aliphatic carbocycles. The Balaban J connectivity index is 3.34. The van der Waals surface area contributed by atoms with Crippen molar-refractivity contribution in [2.75, 3.05) is 7.11 Å². The monoisotopic (exact) mass is 236 g/mol. The summed E-state index contributed by atoms with van der Waals surface area (Å²) in [5.41, 5.74) is 13.7. The third kappa shape index (κ3) is 2.77. The minimum Gasteiger partial charge on any atom is -0.496 e. The maximum Gasteiger partial charge on any atom is 0.238 e. The Hall–Kier alpha value is -1.55. The van der Waals surface area contributed by atoms with Crippen LogP contribution < -0.4 is 16.2 Å². The first-order valence-electron chi connectivity index (χ1n) is 5.61. The normalized spacial score (nSPS) is 12.6. The maximum absolute atomic E-state index is 11.2. The van der Waals surface area contributed by atoms with Crippen molar-refractivity contribution in [2.45, 2.75) is 32.7 Å². The van der Waals surface area contributed by atoms with E-state index in [0.717, 1.165) is 22.4 Å². The summed E-state index contributed by atoms with van der Waals surface area (Å²) in [5.74, 6) is 0.593. The average molecular weight is 236 g/mol. The molecule has 4 N–H and O–H groups in total. The Morgan fingerprint density at radius 1 is 1.29 bits per heavy atom. The summed E-state index contributed by atoms with van der Waals surface area (Å²) in [5, 5.41) is 0. The number of hydrogen-bond acceptors (Lipinski definition) is 3. The van der Waals surface area contributed by atoms with E-state index in [2.05, 4.69) is 13.8 Å². The zero-order chi connectivity index (χ0) is 13.2. The van der Waals surface area contributed by atoms with E-state index in [-0.39, 0.29) is 0 Å².